The fourth-order valence-electron chi connectivity index (χ4n) is 5.15. The minimum atomic E-state index is -0.454. The number of hydrogen-bond acceptors (Lipinski definition) is 5. The molecule has 210 valence electrons. The van der Waals surface area contributed by atoms with E-state index in [0.717, 1.165) is 27.8 Å². The first kappa shape index (κ1) is 27.9. The molecular formula is C32H32FN5O3. The van der Waals surface area contributed by atoms with Crippen molar-refractivity contribution in [3.05, 3.63) is 107 Å². The maximum absolute atomic E-state index is 14.2. The van der Waals surface area contributed by atoms with Crippen molar-refractivity contribution in [1.29, 1.82) is 0 Å². The first-order valence-corrected chi connectivity index (χ1v) is 13.6. The van der Waals surface area contributed by atoms with Gasteiger partial charge in [0.15, 0.2) is 0 Å². The number of amides is 3. The predicted molar refractivity (Wildman–Crippen MR) is 154 cm³/mol. The lowest BCUT2D eigenvalue weighted by atomic mass is 9.94. The lowest BCUT2D eigenvalue weighted by molar-refractivity contribution is 0.0945. The van der Waals surface area contributed by atoms with Gasteiger partial charge in [-0.3, -0.25) is 9.78 Å². The third kappa shape index (κ3) is 6.10. The summed E-state index contributed by atoms with van der Waals surface area (Å²) in [5, 5.41) is 15.7. The molecule has 0 saturated heterocycles. The van der Waals surface area contributed by atoms with Crippen LogP contribution >= 0.6 is 0 Å². The Morgan fingerprint density at radius 3 is 2.56 bits per heavy atom. The Labute approximate surface area is 238 Å². The molecule has 8 nitrogen and oxygen atoms in total. The van der Waals surface area contributed by atoms with E-state index in [4.69, 9.17) is 4.98 Å². The summed E-state index contributed by atoms with van der Waals surface area (Å²) in [6.07, 6.45) is 3.80. The van der Waals surface area contributed by atoms with Gasteiger partial charge in [-0.2, -0.15) is 0 Å². The van der Waals surface area contributed by atoms with Crippen LogP contribution in [0.3, 0.4) is 0 Å². The second-order valence-corrected chi connectivity index (χ2v) is 10.3. The van der Waals surface area contributed by atoms with E-state index < -0.39 is 17.8 Å². The Morgan fingerprint density at radius 2 is 1.83 bits per heavy atom. The summed E-state index contributed by atoms with van der Waals surface area (Å²) < 4.78 is 14.2. The molecule has 3 amide bonds. The molecule has 0 aliphatic carbocycles. The van der Waals surface area contributed by atoms with Crippen molar-refractivity contribution in [2.75, 3.05) is 6.61 Å². The summed E-state index contributed by atoms with van der Waals surface area (Å²) in [5.74, 6) is -0.856. The molecule has 0 bridgehead atoms. The lowest BCUT2D eigenvalue weighted by Gasteiger charge is -2.26. The van der Waals surface area contributed by atoms with Crippen molar-refractivity contribution in [1.82, 2.24) is 25.5 Å². The van der Waals surface area contributed by atoms with Crippen LogP contribution in [0.4, 0.5) is 9.18 Å². The van der Waals surface area contributed by atoms with Crippen LogP contribution in [-0.4, -0.2) is 44.6 Å². The van der Waals surface area contributed by atoms with Gasteiger partial charge >= 0.3 is 6.03 Å². The molecule has 1 atom stereocenters. The number of aromatic nitrogens is 2. The molecule has 4 aromatic rings. The van der Waals surface area contributed by atoms with Crippen molar-refractivity contribution in [3.63, 3.8) is 0 Å². The summed E-state index contributed by atoms with van der Waals surface area (Å²) in [5.41, 5.74) is 5.27. The molecule has 9 heteroatoms. The number of carbonyl (C=O) groups excluding carboxylic acids is 2. The van der Waals surface area contributed by atoms with Crippen molar-refractivity contribution < 1.29 is 19.1 Å². The Morgan fingerprint density at radius 1 is 1.05 bits per heavy atom. The first-order chi connectivity index (χ1) is 19.9. The number of urea groups is 1. The van der Waals surface area contributed by atoms with Crippen molar-refractivity contribution >= 4 is 11.9 Å². The van der Waals surface area contributed by atoms with Gasteiger partial charge in [-0.15, -0.1) is 0 Å². The average molecular weight is 554 g/mol. The zero-order valence-electron chi connectivity index (χ0n) is 23.0. The van der Waals surface area contributed by atoms with E-state index in [9.17, 15) is 19.1 Å². The molecule has 0 radical (unpaired) electrons. The topological polar surface area (TPSA) is 107 Å². The summed E-state index contributed by atoms with van der Waals surface area (Å²) >= 11 is 0. The Kier molecular flexibility index (Phi) is 8.35. The highest BCUT2D eigenvalue weighted by Gasteiger charge is 2.37. The van der Waals surface area contributed by atoms with Gasteiger partial charge in [-0.05, 0) is 55.7 Å². The molecular weight excluding hydrogens is 521 g/mol. The van der Waals surface area contributed by atoms with E-state index in [-0.39, 0.29) is 37.5 Å². The van der Waals surface area contributed by atoms with E-state index in [2.05, 4.69) is 15.6 Å². The highest BCUT2D eigenvalue weighted by atomic mass is 19.1. The largest absolute Gasteiger partial charge is 0.396 e. The van der Waals surface area contributed by atoms with E-state index in [1.54, 1.807) is 41.6 Å². The van der Waals surface area contributed by atoms with Crippen LogP contribution in [0.2, 0.25) is 0 Å². The number of fused-ring (bicyclic) bond motifs is 1. The van der Waals surface area contributed by atoms with Gasteiger partial charge in [0.2, 0.25) is 0 Å². The smallest absolute Gasteiger partial charge is 0.318 e. The van der Waals surface area contributed by atoms with Crippen molar-refractivity contribution in [3.8, 4) is 22.4 Å². The third-order valence-electron chi connectivity index (χ3n) is 7.03. The molecule has 3 heterocycles. The standard InChI is InChI=1S/C32H32FN5O3/c1-20(2)36-32(41)38-19-25-16-27(31(40)35-18-24-7-3-4-11-26(24)33)37-30(29(25)28(38)12-14-39)22-9-5-8-21(15-22)23-10-6-13-34-17-23/h3-11,13,15-17,20,28,39H,12,14,18-19H2,1-2H3,(H,35,40)(H,36,41)/t28-/m1/s1. The van der Waals surface area contributed by atoms with Gasteiger partial charge in [0.05, 0.1) is 11.7 Å². The van der Waals surface area contributed by atoms with E-state index in [0.29, 0.717) is 17.7 Å². The van der Waals surface area contributed by atoms with Crippen LogP contribution in [0, 0.1) is 5.82 Å². The van der Waals surface area contributed by atoms with Crippen LogP contribution in [0.1, 0.15) is 53.5 Å². The molecule has 2 aromatic carbocycles. The normalized spacial score (nSPS) is 14.2. The number of rotatable bonds is 8. The molecule has 1 aliphatic rings. The van der Waals surface area contributed by atoms with Crippen molar-refractivity contribution in [2.24, 2.45) is 0 Å². The molecule has 0 spiro atoms. The molecule has 1 aliphatic heterocycles. The first-order valence-electron chi connectivity index (χ1n) is 13.6. The minimum absolute atomic E-state index is 0.00610. The Balaban J connectivity index is 1.58. The van der Waals surface area contributed by atoms with Crippen LogP contribution in [0.15, 0.2) is 79.1 Å². The van der Waals surface area contributed by atoms with Crippen molar-refractivity contribution in [2.45, 2.75) is 45.4 Å². The third-order valence-corrected chi connectivity index (χ3v) is 7.03. The number of nitrogens with one attached hydrogen (secondary N) is 2. The monoisotopic (exact) mass is 553 g/mol. The van der Waals surface area contributed by atoms with E-state index in [1.165, 1.54) is 6.07 Å². The van der Waals surface area contributed by atoms with Gasteiger partial charge in [0, 0.05) is 60.4 Å². The van der Waals surface area contributed by atoms with Crippen LogP contribution < -0.4 is 10.6 Å². The molecule has 0 unspecified atom stereocenters. The predicted octanol–water partition coefficient (Wildman–Crippen LogP) is 5.24. The lowest BCUT2D eigenvalue weighted by Crippen LogP contribution is -2.42. The average Bonchev–Trinajstić information content (AvgIpc) is 3.35. The van der Waals surface area contributed by atoms with Gasteiger partial charge in [0.25, 0.3) is 5.91 Å². The number of nitrogens with zero attached hydrogens (tertiary/aromatic N) is 3. The number of benzene rings is 2. The number of hydrogen-bond donors (Lipinski definition) is 3. The molecule has 5 rings (SSSR count). The molecule has 0 fully saturated rings. The van der Waals surface area contributed by atoms with Gasteiger partial charge in [-0.1, -0.05) is 42.5 Å². The van der Waals surface area contributed by atoms with Crippen LogP contribution in [0.5, 0.6) is 0 Å². The van der Waals surface area contributed by atoms with Gasteiger partial charge in [0.1, 0.15) is 11.5 Å². The SMILES string of the molecule is CC(C)NC(=O)N1Cc2cc(C(=O)NCc3ccccc3F)nc(-c3cccc(-c4cccnc4)c3)c2[C@H]1CCO. The molecule has 2 aromatic heterocycles. The number of carbonyl (C=O) groups is 2. The summed E-state index contributed by atoms with van der Waals surface area (Å²) in [7, 11) is 0. The van der Waals surface area contributed by atoms with E-state index in [1.807, 2.05) is 50.2 Å². The number of pyridine rings is 2. The summed E-state index contributed by atoms with van der Waals surface area (Å²) in [6.45, 7) is 3.90. The quantitative estimate of drug-likeness (QED) is 0.277. The maximum atomic E-state index is 14.2. The fourth-order valence-corrected chi connectivity index (χ4v) is 5.15. The zero-order valence-corrected chi connectivity index (χ0v) is 23.0. The minimum Gasteiger partial charge on any atom is -0.396 e. The highest BCUT2D eigenvalue weighted by molar-refractivity contribution is 5.94. The molecule has 41 heavy (non-hydrogen) atoms. The zero-order chi connectivity index (χ0) is 28.9. The Bertz CT molecular complexity index is 1560. The van der Waals surface area contributed by atoms with Crippen LogP contribution in [-0.2, 0) is 13.1 Å². The van der Waals surface area contributed by atoms with Crippen LogP contribution in [0.25, 0.3) is 22.4 Å². The molecule has 0 saturated carbocycles. The van der Waals surface area contributed by atoms with Gasteiger partial charge < -0.3 is 20.6 Å². The summed E-state index contributed by atoms with van der Waals surface area (Å²) in [4.78, 5) is 37.2. The second kappa shape index (κ2) is 12.3. The molecule has 3 N–H and O–H groups in total. The number of aliphatic hydroxyl groups excluding tert-OH is 1. The summed E-state index contributed by atoms with van der Waals surface area (Å²) in [6, 6.07) is 18.8. The number of aliphatic hydroxyl groups is 1. The highest BCUT2D eigenvalue weighted by Crippen LogP contribution is 2.42. The second-order valence-electron chi connectivity index (χ2n) is 10.3. The maximum Gasteiger partial charge on any atom is 0.318 e. The number of halogens is 1. The fraction of sp³-hybridized carbons (Fsp3) is 0.250. The Hall–Kier alpha value is -4.63. The van der Waals surface area contributed by atoms with E-state index >= 15 is 0 Å². The van der Waals surface area contributed by atoms with Gasteiger partial charge in [-0.25, -0.2) is 14.2 Å².